The molecule has 0 radical (unpaired) electrons. The SMILES string of the molecule is CCCC1CCC(n2c(N)nc3cc(Cl)c(Cl)cc32)CC1. The minimum atomic E-state index is 0.431. The van der Waals surface area contributed by atoms with Crippen LogP contribution >= 0.6 is 23.2 Å². The fourth-order valence-corrected chi connectivity index (χ4v) is 3.91. The van der Waals surface area contributed by atoms with Crippen molar-refractivity contribution in [2.45, 2.75) is 51.5 Å². The van der Waals surface area contributed by atoms with E-state index >= 15 is 0 Å². The van der Waals surface area contributed by atoms with Crippen molar-refractivity contribution in [1.29, 1.82) is 0 Å². The van der Waals surface area contributed by atoms with Crippen LogP contribution in [-0.2, 0) is 0 Å². The molecule has 0 aliphatic heterocycles. The molecule has 114 valence electrons. The summed E-state index contributed by atoms with van der Waals surface area (Å²) in [6, 6.07) is 4.12. The Morgan fingerprint density at radius 2 is 1.86 bits per heavy atom. The summed E-state index contributed by atoms with van der Waals surface area (Å²) in [4.78, 5) is 4.44. The average Bonchev–Trinajstić information content (AvgIpc) is 2.76. The minimum absolute atomic E-state index is 0.431. The minimum Gasteiger partial charge on any atom is -0.369 e. The van der Waals surface area contributed by atoms with E-state index in [9.17, 15) is 0 Å². The number of hydrogen-bond donors (Lipinski definition) is 1. The van der Waals surface area contributed by atoms with E-state index in [1.54, 1.807) is 6.07 Å². The van der Waals surface area contributed by atoms with Crippen LogP contribution in [0, 0.1) is 5.92 Å². The molecule has 3 rings (SSSR count). The first kappa shape index (κ1) is 15.0. The molecule has 1 aliphatic rings. The molecule has 5 heteroatoms. The molecule has 0 bridgehead atoms. The Hall–Kier alpha value is -0.930. The van der Waals surface area contributed by atoms with Crippen LogP contribution in [-0.4, -0.2) is 9.55 Å². The van der Waals surface area contributed by atoms with Gasteiger partial charge in [0.15, 0.2) is 0 Å². The largest absolute Gasteiger partial charge is 0.369 e. The molecule has 2 N–H and O–H groups in total. The van der Waals surface area contributed by atoms with Gasteiger partial charge in [-0.2, -0.15) is 0 Å². The molecular weight excluding hydrogens is 305 g/mol. The van der Waals surface area contributed by atoms with Crippen LogP contribution in [0.5, 0.6) is 0 Å². The first-order valence-electron chi connectivity index (χ1n) is 7.72. The summed E-state index contributed by atoms with van der Waals surface area (Å²) in [6.07, 6.45) is 7.51. The van der Waals surface area contributed by atoms with Crippen LogP contribution in [0.25, 0.3) is 11.0 Å². The third kappa shape index (κ3) is 2.86. The Morgan fingerprint density at radius 3 is 2.52 bits per heavy atom. The van der Waals surface area contributed by atoms with Crippen molar-refractivity contribution in [3.05, 3.63) is 22.2 Å². The van der Waals surface area contributed by atoms with Gasteiger partial charge in [-0.3, -0.25) is 0 Å². The van der Waals surface area contributed by atoms with E-state index < -0.39 is 0 Å². The summed E-state index contributed by atoms with van der Waals surface area (Å²) < 4.78 is 2.15. The zero-order chi connectivity index (χ0) is 15.0. The third-order valence-electron chi connectivity index (χ3n) is 4.64. The molecule has 1 aromatic heterocycles. The molecule has 0 unspecified atom stereocenters. The maximum Gasteiger partial charge on any atom is 0.201 e. The second kappa shape index (κ2) is 6.05. The first-order chi connectivity index (χ1) is 10.1. The lowest BCUT2D eigenvalue weighted by Gasteiger charge is -2.30. The lowest BCUT2D eigenvalue weighted by atomic mass is 9.83. The smallest absolute Gasteiger partial charge is 0.201 e. The van der Waals surface area contributed by atoms with Crippen molar-refractivity contribution in [3.63, 3.8) is 0 Å². The van der Waals surface area contributed by atoms with Crippen molar-refractivity contribution in [2.75, 3.05) is 5.73 Å². The Bertz CT molecular complexity index is 642. The van der Waals surface area contributed by atoms with E-state index in [1.807, 2.05) is 6.07 Å². The van der Waals surface area contributed by atoms with Crippen molar-refractivity contribution < 1.29 is 0 Å². The second-order valence-electron chi connectivity index (χ2n) is 6.06. The molecule has 0 spiro atoms. The molecule has 21 heavy (non-hydrogen) atoms. The summed E-state index contributed by atoms with van der Waals surface area (Å²) in [5, 5.41) is 1.09. The van der Waals surface area contributed by atoms with Crippen molar-refractivity contribution in [3.8, 4) is 0 Å². The van der Waals surface area contributed by atoms with Gasteiger partial charge in [0.2, 0.25) is 5.95 Å². The lowest BCUT2D eigenvalue weighted by Crippen LogP contribution is -2.19. The first-order valence-corrected chi connectivity index (χ1v) is 8.48. The maximum atomic E-state index is 6.16. The van der Waals surface area contributed by atoms with Gasteiger partial charge in [0, 0.05) is 6.04 Å². The molecular formula is C16H21Cl2N3. The van der Waals surface area contributed by atoms with Crippen molar-refractivity contribution in [1.82, 2.24) is 9.55 Å². The highest BCUT2D eigenvalue weighted by Gasteiger charge is 2.25. The number of nitrogen functional groups attached to an aromatic ring is 1. The molecule has 2 aromatic rings. The van der Waals surface area contributed by atoms with E-state index in [2.05, 4.69) is 16.5 Å². The number of rotatable bonds is 3. The fraction of sp³-hybridized carbons (Fsp3) is 0.562. The average molecular weight is 326 g/mol. The predicted octanol–water partition coefficient (Wildman–Crippen LogP) is 5.46. The van der Waals surface area contributed by atoms with E-state index in [4.69, 9.17) is 28.9 Å². The van der Waals surface area contributed by atoms with Gasteiger partial charge in [-0.25, -0.2) is 4.98 Å². The van der Waals surface area contributed by atoms with E-state index in [0.717, 1.165) is 17.0 Å². The third-order valence-corrected chi connectivity index (χ3v) is 5.36. The Labute approximate surface area is 135 Å². The van der Waals surface area contributed by atoms with Gasteiger partial charge in [0.1, 0.15) is 0 Å². The van der Waals surface area contributed by atoms with Crippen LogP contribution < -0.4 is 5.73 Å². The van der Waals surface area contributed by atoms with Crippen LogP contribution in [0.15, 0.2) is 12.1 Å². The standard InChI is InChI=1S/C16H21Cl2N3/c1-2-3-10-4-6-11(7-5-10)21-15-9-13(18)12(17)8-14(15)20-16(21)19/h8-11H,2-7H2,1H3,(H2,19,20). The zero-order valence-electron chi connectivity index (χ0n) is 12.3. The van der Waals surface area contributed by atoms with E-state index in [1.165, 1.54) is 38.5 Å². The molecule has 0 atom stereocenters. The van der Waals surface area contributed by atoms with Crippen LogP contribution in [0.4, 0.5) is 5.95 Å². The number of aromatic nitrogens is 2. The lowest BCUT2D eigenvalue weighted by molar-refractivity contribution is 0.267. The van der Waals surface area contributed by atoms with Gasteiger partial charge < -0.3 is 10.3 Å². The van der Waals surface area contributed by atoms with Gasteiger partial charge in [-0.15, -0.1) is 0 Å². The molecule has 3 nitrogen and oxygen atoms in total. The molecule has 1 saturated carbocycles. The van der Waals surface area contributed by atoms with Crippen molar-refractivity contribution >= 4 is 40.2 Å². The maximum absolute atomic E-state index is 6.16. The van der Waals surface area contributed by atoms with Crippen LogP contribution in [0.2, 0.25) is 10.0 Å². The number of nitrogens with two attached hydrogens (primary N) is 1. The highest BCUT2D eigenvalue weighted by Crippen LogP contribution is 2.38. The number of fused-ring (bicyclic) bond motifs is 1. The van der Waals surface area contributed by atoms with Crippen molar-refractivity contribution in [2.24, 2.45) is 5.92 Å². The number of nitrogens with zero attached hydrogens (tertiary/aromatic N) is 2. The van der Waals surface area contributed by atoms with Gasteiger partial charge in [0.25, 0.3) is 0 Å². The quantitative estimate of drug-likeness (QED) is 0.814. The van der Waals surface area contributed by atoms with Crippen LogP contribution in [0.3, 0.4) is 0 Å². The van der Waals surface area contributed by atoms with Gasteiger partial charge in [-0.05, 0) is 43.7 Å². The number of benzene rings is 1. The normalized spacial score (nSPS) is 22.8. The molecule has 0 saturated heterocycles. The monoisotopic (exact) mass is 325 g/mol. The number of hydrogen-bond acceptors (Lipinski definition) is 2. The second-order valence-corrected chi connectivity index (χ2v) is 6.87. The van der Waals surface area contributed by atoms with E-state index in [0.29, 0.717) is 22.0 Å². The molecule has 1 heterocycles. The topological polar surface area (TPSA) is 43.8 Å². The summed E-state index contributed by atoms with van der Waals surface area (Å²) in [7, 11) is 0. The zero-order valence-corrected chi connectivity index (χ0v) is 13.8. The Balaban J connectivity index is 1.90. The summed E-state index contributed by atoms with van der Waals surface area (Å²) in [5.41, 5.74) is 7.98. The highest BCUT2D eigenvalue weighted by atomic mass is 35.5. The molecule has 1 aliphatic carbocycles. The summed E-state index contributed by atoms with van der Waals surface area (Å²) >= 11 is 12.2. The molecule has 1 aromatic carbocycles. The molecule has 1 fully saturated rings. The number of halogens is 2. The Morgan fingerprint density at radius 1 is 1.19 bits per heavy atom. The van der Waals surface area contributed by atoms with Crippen LogP contribution in [0.1, 0.15) is 51.5 Å². The van der Waals surface area contributed by atoms with Gasteiger partial charge in [0.05, 0.1) is 21.1 Å². The molecule has 0 amide bonds. The highest BCUT2D eigenvalue weighted by molar-refractivity contribution is 6.42. The summed E-state index contributed by atoms with van der Waals surface area (Å²) in [5.74, 6) is 1.45. The fourth-order valence-electron chi connectivity index (χ4n) is 3.59. The number of imidazole rings is 1. The Kier molecular flexibility index (Phi) is 4.32. The predicted molar refractivity (Wildman–Crippen MR) is 90.1 cm³/mol. The van der Waals surface area contributed by atoms with Gasteiger partial charge >= 0.3 is 0 Å². The van der Waals surface area contributed by atoms with Gasteiger partial charge in [-0.1, -0.05) is 43.0 Å². The van der Waals surface area contributed by atoms with E-state index in [-0.39, 0.29) is 0 Å². The number of anilines is 1. The summed E-state index contributed by atoms with van der Waals surface area (Å²) in [6.45, 7) is 2.26.